The zero-order valence-electron chi connectivity index (χ0n) is 17.5. The van der Waals surface area contributed by atoms with Gasteiger partial charge in [0.2, 0.25) is 0 Å². The molecule has 1 atom stereocenters. The highest BCUT2D eigenvalue weighted by atomic mass is 79.9. The highest BCUT2D eigenvalue weighted by Gasteiger charge is 2.20. The summed E-state index contributed by atoms with van der Waals surface area (Å²) in [5.74, 6) is 0. The molecule has 0 saturated carbocycles. The molecule has 0 amide bonds. The Balaban J connectivity index is 1.49. The van der Waals surface area contributed by atoms with Crippen LogP contribution < -0.4 is 5.32 Å². The Labute approximate surface area is 182 Å². The molecule has 3 aromatic carbocycles. The number of halogens is 1. The van der Waals surface area contributed by atoms with Gasteiger partial charge in [-0.1, -0.05) is 70.5 Å². The average Bonchev–Trinajstić information content (AvgIpc) is 2.66. The van der Waals surface area contributed by atoms with Crippen molar-refractivity contribution in [3.63, 3.8) is 0 Å². The predicted octanol–water partition coefficient (Wildman–Crippen LogP) is 5.01. The summed E-state index contributed by atoms with van der Waals surface area (Å²) in [5, 5.41) is 16.6. The molecular weight excluding hydrogens is 424 g/mol. The first-order chi connectivity index (χ1) is 13.8. The van der Waals surface area contributed by atoms with E-state index in [9.17, 15) is 5.11 Å². The van der Waals surface area contributed by atoms with E-state index in [0.29, 0.717) is 13.1 Å². The molecule has 0 saturated heterocycles. The molecule has 0 radical (unpaired) electrons. The summed E-state index contributed by atoms with van der Waals surface area (Å²) in [7, 11) is 2.05. The molecule has 29 heavy (non-hydrogen) atoms. The molecule has 0 aliphatic heterocycles. The van der Waals surface area contributed by atoms with Crippen molar-refractivity contribution in [1.82, 2.24) is 10.2 Å². The van der Waals surface area contributed by atoms with Gasteiger partial charge in [-0.3, -0.25) is 4.90 Å². The first-order valence-electron chi connectivity index (χ1n) is 10.1. The molecular formula is C25H31BrN2O. The van der Waals surface area contributed by atoms with Gasteiger partial charge >= 0.3 is 0 Å². The maximum Gasteiger partial charge on any atom is 0.0791 e. The van der Waals surface area contributed by atoms with E-state index >= 15 is 0 Å². The van der Waals surface area contributed by atoms with Gasteiger partial charge in [-0.15, -0.1) is 0 Å². The standard InChI is InChI=1S/C25H31BrN2O/c1-25(2,15-19-11-12-21-8-4-5-9-22(21)13-19)27-16-24(29)18-28(3)17-20-7-6-10-23(26)14-20/h4-14,24,27,29H,15-18H2,1-3H3/t24-/m1/s1. The van der Waals surface area contributed by atoms with E-state index in [1.54, 1.807) is 0 Å². The lowest BCUT2D eigenvalue weighted by atomic mass is 9.93. The molecule has 0 unspecified atom stereocenters. The number of hydrogen-bond donors (Lipinski definition) is 2. The quantitative estimate of drug-likeness (QED) is 0.477. The average molecular weight is 455 g/mol. The molecule has 0 bridgehead atoms. The van der Waals surface area contributed by atoms with Crippen LogP contribution in [0.1, 0.15) is 25.0 Å². The molecule has 0 aromatic heterocycles. The molecule has 154 valence electrons. The molecule has 3 aromatic rings. The summed E-state index contributed by atoms with van der Waals surface area (Å²) < 4.78 is 1.08. The van der Waals surface area contributed by atoms with Gasteiger partial charge in [-0.05, 0) is 61.3 Å². The van der Waals surface area contributed by atoms with E-state index in [2.05, 4.69) is 94.6 Å². The number of nitrogens with one attached hydrogen (secondary N) is 1. The van der Waals surface area contributed by atoms with E-state index in [1.165, 1.54) is 21.9 Å². The number of benzene rings is 3. The summed E-state index contributed by atoms with van der Waals surface area (Å²) in [6.07, 6.45) is 0.501. The lowest BCUT2D eigenvalue weighted by molar-refractivity contribution is 0.113. The third-order valence-corrected chi connectivity index (χ3v) is 5.63. The lowest BCUT2D eigenvalue weighted by Crippen LogP contribution is -2.47. The van der Waals surface area contributed by atoms with Crippen molar-refractivity contribution in [2.24, 2.45) is 0 Å². The fourth-order valence-electron chi connectivity index (χ4n) is 3.75. The van der Waals surface area contributed by atoms with E-state index < -0.39 is 6.10 Å². The Hall–Kier alpha value is -1.72. The molecule has 0 aliphatic rings. The normalized spacial score (nSPS) is 13.2. The van der Waals surface area contributed by atoms with Gasteiger partial charge < -0.3 is 10.4 Å². The maximum absolute atomic E-state index is 10.5. The first kappa shape index (κ1) is 22.0. The smallest absolute Gasteiger partial charge is 0.0791 e. The van der Waals surface area contributed by atoms with Gasteiger partial charge in [0.1, 0.15) is 0 Å². The van der Waals surface area contributed by atoms with E-state index in [-0.39, 0.29) is 5.54 Å². The fraction of sp³-hybridized carbons (Fsp3) is 0.360. The van der Waals surface area contributed by atoms with Crippen LogP contribution in [0.5, 0.6) is 0 Å². The highest BCUT2D eigenvalue weighted by Crippen LogP contribution is 2.19. The van der Waals surface area contributed by atoms with E-state index in [0.717, 1.165) is 17.4 Å². The monoisotopic (exact) mass is 454 g/mol. The van der Waals surface area contributed by atoms with Gasteiger partial charge in [0, 0.05) is 29.6 Å². The summed E-state index contributed by atoms with van der Waals surface area (Å²) >= 11 is 3.51. The predicted molar refractivity (Wildman–Crippen MR) is 126 cm³/mol. The first-order valence-corrected chi connectivity index (χ1v) is 10.9. The Bertz CT molecular complexity index is 941. The fourth-order valence-corrected chi connectivity index (χ4v) is 4.20. The van der Waals surface area contributed by atoms with Crippen molar-refractivity contribution in [3.8, 4) is 0 Å². The van der Waals surface area contributed by atoms with Gasteiger partial charge in [-0.2, -0.15) is 0 Å². The largest absolute Gasteiger partial charge is 0.390 e. The zero-order valence-corrected chi connectivity index (χ0v) is 19.1. The molecule has 0 heterocycles. The van der Waals surface area contributed by atoms with Crippen molar-refractivity contribution in [3.05, 3.63) is 82.3 Å². The lowest BCUT2D eigenvalue weighted by Gasteiger charge is -2.29. The van der Waals surface area contributed by atoms with Gasteiger partial charge in [0.25, 0.3) is 0 Å². The zero-order chi connectivity index (χ0) is 20.9. The van der Waals surface area contributed by atoms with Crippen LogP contribution in [0.25, 0.3) is 10.8 Å². The number of likely N-dealkylation sites (N-methyl/N-ethyl adjacent to an activating group) is 1. The minimum absolute atomic E-state index is 0.0910. The van der Waals surface area contributed by atoms with Crippen molar-refractivity contribution >= 4 is 26.7 Å². The molecule has 2 N–H and O–H groups in total. The molecule has 0 aliphatic carbocycles. The van der Waals surface area contributed by atoms with Crippen molar-refractivity contribution in [2.75, 3.05) is 20.1 Å². The number of hydrogen-bond acceptors (Lipinski definition) is 3. The Morgan fingerprint density at radius 3 is 2.48 bits per heavy atom. The van der Waals surface area contributed by atoms with Crippen LogP contribution in [0, 0.1) is 0 Å². The summed E-state index contributed by atoms with van der Waals surface area (Å²) in [5.41, 5.74) is 2.45. The van der Waals surface area contributed by atoms with Crippen molar-refractivity contribution in [1.29, 1.82) is 0 Å². The number of aliphatic hydroxyl groups is 1. The van der Waals surface area contributed by atoms with Crippen LogP contribution in [0.4, 0.5) is 0 Å². The summed E-state index contributed by atoms with van der Waals surface area (Å²) in [4.78, 5) is 2.16. The Kier molecular flexibility index (Phi) is 7.47. The van der Waals surface area contributed by atoms with Gasteiger partial charge in [-0.25, -0.2) is 0 Å². The molecule has 3 rings (SSSR count). The van der Waals surface area contributed by atoms with Crippen molar-refractivity contribution in [2.45, 2.75) is 38.5 Å². The molecule has 0 spiro atoms. The van der Waals surface area contributed by atoms with E-state index in [4.69, 9.17) is 0 Å². The Morgan fingerprint density at radius 2 is 1.72 bits per heavy atom. The number of rotatable bonds is 9. The van der Waals surface area contributed by atoms with Gasteiger partial charge in [0.15, 0.2) is 0 Å². The molecule has 3 nitrogen and oxygen atoms in total. The number of nitrogens with zero attached hydrogens (tertiary/aromatic N) is 1. The van der Waals surface area contributed by atoms with Gasteiger partial charge in [0.05, 0.1) is 6.10 Å². The SMILES string of the molecule is CN(Cc1cccc(Br)c1)C[C@H](O)CNC(C)(C)Cc1ccc2ccccc2c1. The minimum Gasteiger partial charge on any atom is -0.390 e. The van der Waals surface area contributed by atoms with Crippen LogP contribution >= 0.6 is 15.9 Å². The summed E-state index contributed by atoms with van der Waals surface area (Å²) in [6, 6.07) is 23.4. The number of β-amino-alcohol motifs (C(OH)–C–C–N with tert-alkyl or cyclic N) is 1. The maximum atomic E-state index is 10.5. The third kappa shape index (κ3) is 6.93. The van der Waals surface area contributed by atoms with E-state index in [1.807, 2.05) is 19.2 Å². The van der Waals surface area contributed by atoms with Crippen LogP contribution in [0.2, 0.25) is 0 Å². The van der Waals surface area contributed by atoms with Crippen LogP contribution in [-0.4, -0.2) is 41.8 Å². The van der Waals surface area contributed by atoms with Crippen molar-refractivity contribution < 1.29 is 5.11 Å². The third-order valence-electron chi connectivity index (χ3n) is 5.14. The number of fused-ring (bicyclic) bond motifs is 1. The summed E-state index contributed by atoms with van der Waals surface area (Å²) in [6.45, 7) is 6.41. The van der Waals surface area contributed by atoms with Crippen LogP contribution in [0.3, 0.4) is 0 Å². The van der Waals surface area contributed by atoms with Crippen LogP contribution in [0.15, 0.2) is 71.2 Å². The highest BCUT2D eigenvalue weighted by molar-refractivity contribution is 9.10. The minimum atomic E-state index is -0.414. The Morgan fingerprint density at radius 1 is 0.966 bits per heavy atom. The van der Waals surface area contributed by atoms with Crippen LogP contribution in [-0.2, 0) is 13.0 Å². The number of aliphatic hydroxyl groups excluding tert-OH is 1. The topological polar surface area (TPSA) is 35.5 Å². The second kappa shape index (κ2) is 9.86. The second-order valence-electron chi connectivity index (χ2n) is 8.60. The molecule has 0 fully saturated rings. The second-order valence-corrected chi connectivity index (χ2v) is 9.52. The molecule has 4 heteroatoms.